The molecule has 0 unspecified atom stereocenters. The van der Waals surface area contributed by atoms with Gasteiger partial charge < -0.3 is 5.32 Å². The number of carbonyl (C=O) groups excluding carboxylic acids is 1. The number of thioether (sulfide) groups is 1. The summed E-state index contributed by atoms with van der Waals surface area (Å²) in [6, 6.07) is 8.51. The first-order valence-electron chi connectivity index (χ1n) is 5.34. The zero-order valence-corrected chi connectivity index (χ0v) is 11.1. The number of carbonyl (C=O) groups is 1. The number of rotatable bonds is 4. The quantitative estimate of drug-likeness (QED) is 0.816. The lowest BCUT2D eigenvalue weighted by Crippen LogP contribution is -2.35. The second-order valence-electron chi connectivity index (χ2n) is 4.52. The van der Waals surface area contributed by atoms with Crippen LogP contribution in [-0.2, 0) is 10.2 Å². The molecule has 0 radical (unpaired) electrons. The van der Waals surface area contributed by atoms with Crippen molar-refractivity contribution in [1.82, 2.24) is 5.32 Å². The monoisotopic (exact) mass is 237 g/mol. The fraction of sp³-hybridized carbons (Fsp3) is 0.462. The van der Waals surface area contributed by atoms with Crippen LogP contribution in [0.2, 0.25) is 0 Å². The van der Waals surface area contributed by atoms with Crippen LogP contribution in [0.3, 0.4) is 0 Å². The van der Waals surface area contributed by atoms with E-state index in [1.54, 1.807) is 18.7 Å². The Morgan fingerprint density at radius 1 is 1.31 bits per heavy atom. The summed E-state index contributed by atoms with van der Waals surface area (Å²) in [7, 11) is 0. The van der Waals surface area contributed by atoms with Gasteiger partial charge in [0.05, 0.1) is 0 Å². The molecule has 1 rings (SSSR count). The summed E-state index contributed by atoms with van der Waals surface area (Å²) < 4.78 is 0. The number of amides is 1. The highest BCUT2D eigenvalue weighted by Crippen LogP contribution is 2.24. The van der Waals surface area contributed by atoms with Crippen molar-refractivity contribution >= 4 is 17.7 Å². The first-order chi connectivity index (χ1) is 7.45. The summed E-state index contributed by atoms with van der Waals surface area (Å²) in [6.07, 6.45) is 2.07. The topological polar surface area (TPSA) is 29.1 Å². The van der Waals surface area contributed by atoms with Gasteiger partial charge in [-0.05, 0) is 24.0 Å². The summed E-state index contributed by atoms with van der Waals surface area (Å²) in [5, 5.41) is 2.87. The Kier molecular flexibility index (Phi) is 4.42. The molecule has 1 N–H and O–H groups in total. The van der Waals surface area contributed by atoms with Gasteiger partial charge >= 0.3 is 0 Å². The van der Waals surface area contributed by atoms with Crippen molar-refractivity contribution < 1.29 is 4.79 Å². The molecule has 0 spiro atoms. The van der Waals surface area contributed by atoms with Crippen molar-refractivity contribution in [3.8, 4) is 0 Å². The smallest absolute Gasteiger partial charge is 0.216 e. The Bertz CT molecular complexity index is 357. The van der Waals surface area contributed by atoms with Crippen molar-refractivity contribution in [2.75, 3.05) is 12.8 Å². The number of hydrogen-bond acceptors (Lipinski definition) is 2. The molecule has 0 aliphatic heterocycles. The average Bonchev–Trinajstić information content (AvgIpc) is 2.27. The molecular weight excluding hydrogens is 218 g/mol. The van der Waals surface area contributed by atoms with E-state index in [1.165, 1.54) is 10.5 Å². The molecule has 0 atom stereocenters. The predicted octanol–water partition coefficient (Wildman–Crippen LogP) is 2.82. The number of nitrogens with one attached hydrogen (secondary N) is 1. The molecule has 0 aliphatic carbocycles. The number of benzene rings is 1. The van der Waals surface area contributed by atoms with Gasteiger partial charge in [-0.3, -0.25) is 4.79 Å². The van der Waals surface area contributed by atoms with Gasteiger partial charge in [0.25, 0.3) is 0 Å². The highest BCUT2D eigenvalue weighted by molar-refractivity contribution is 7.98. The third kappa shape index (κ3) is 3.56. The van der Waals surface area contributed by atoms with E-state index in [1.807, 2.05) is 0 Å². The maximum absolute atomic E-state index is 10.9. The molecule has 0 aromatic heterocycles. The maximum Gasteiger partial charge on any atom is 0.216 e. The lowest BCUT2D eigenvalue weighted by atomic mass is 9.84. The van der Waals surface area contributed by atoms with Gasteiger partial charge in [0, 0.05) is 23.8 Å². The largest absolute Gasteiger partial charge is 0.355 e. The Morgan fingerprint density at radius 3 is 2.31 bits per heavy atom. The Labute approximate surface area is 102 Å². The molecule has 1 aromatic carbocycles. The minimum atomic E-state index is -0.0252. The fourth-order valence-corrected chi connectivity index (χ4v) is 1.90. The van der Waals surface area contributed by atoms with Crippen LogP contribution in [0.1, 0.15) is 26.3 Å². The standard InChI is InChI=1S/C13H19NOS/c1-10(15)14-9-13(2,3)11-5-7-12(16-4)8-6-11/h5-8H,9H2,1-4H3,(H,14,15). The van der Waals surface area contributed by atoms with E-state index in [4.69, 9.17) is 0 Å². The van der Waals surface area contributed by atoms with Gasteiger partial charge in [0.1, 0.15) is 0 Å². The van der Waals surface area contributed by atoms with Crippen molar-refractivity contribution in [2.24, 2.45) is 0 Å². The van der Waals surface area contributed by atoms with Crippen LogP contribution in [0.4, 0.5) is 0 Å². The summed E-state index contributed by atoms with van der Waals surface area (Å²) in [5.74, 6) is 0.0220. The van der Waals surface area contributed by atoms with Crippen molar-refractivity contribution in [2.45, 2.75) is 31.1 Å². The van der Waals surface area contributed by atoms with Gasteiger partial charge in [-0.15, -0.1) is 11.8 Å². The van der Waals surface area contributed by atoms with Crippen molar-refractivity contribution in [1.29, 1.82) is 0 Å². The molecule has 16 heavy (non-hydrogen) atoms. The summed E-state index contributed by atoms with van der Waals surface area (Å²) >= 11 is 1.74. The lowest BCUT2D eigenvalue weighted by molar-refractivity contribution is -0.119. The van der Waals surface area contributed by atoms with Crippen LogP contribution in [0.15, 0.2) is 29.2 Å². The summed E-state index contributed by atoms with van der Waals surface area (Å²) in [6.45, 7) is 6.49. The Hall–Kier alpha value is -0.960. The Morgan fingerprint density at radius 2 is 1.88 bits per heavy atom. The van der Waals surface area contributed by atoms with E-state index in [0.717, 1.165) is 0 Å². The normalized spacial score (nSPS) is 11.2. The molecular formula is C13H19NOS. The summed E-state index contributed by atoms with van der Waals surface area (Å²) in [4.78, 5) is 12.2. The predicted molar refractivity (Wildman–Crippen MR) is 69.9 cm³/mol. The molecule has 1 aromatic rings. The van der Waals surface area contributed by atoms with Crippen molar-refractivity contribution in [3.63, 3.8) is 0 Å². The zero-order chi connectivity index (χ0) is 12.2. The minimum Gasteiger partial charge on any atom is -0.355 e. The molecule has 0 saturated carbocycles. The molecule has 0 fully saturated rings. The maximum atomic E-state index is 10.9. The van der Waals surface area contributed by atoms with Gasteiger partial charge in [0.2, 0.25) is 5.91 Å². The first-order valence-corrected chi connectivity index (χ1v) is 6.57. The third-order valence-corrected chi connectivity index (χ3v) is 3.39. The zero-order valence-electron chi connectivity index (χ0n) is 10.3. The van der Waals surface area contributed by atoms with Crippen LogP contribution in [0.5, 0.6) is 0 Å². The van der Waals surface area contributed by atoms with Crippen LogP contribution < -0.4 is 5.32 Å². The SMILES string of the molecule is CSc1ccc(C(C)(C)CNC(C)=O)cc1. The van der Waals surface area contributed by atoms with Gasteiger partial charge in [-0.2, -0.15) is 0 Å². The van der Waals surface area contributed by atoms with E-state index < -0.39 is 0 Å². The number of hydrogen-bond donors (Lipinski definition) is 1. The van der Waals surface area contributed by atoms with Crippen LogP contribution in [-0.4, -0.2) is 18.7 Å². The van der Waals surface area contributed by atoms with Gasteiger partial charge in [-0.25, -0.2) is 0 Å². The molecule has 0 aliphatic rings. The highest BCUT2D eigenvalue weighted by Gasteiger charge is 2.20. The highest BCUT2D eigenvalue weighted by atomic mass is 32.2. The fourth-order valence-electron chi connectivity index (χ4n) is 1.49. The molecule has 0 heterocycles. The Balaban J connectivity index is 2.76. The van der Waals surface area contributed by atoms with Gasteiger partial charge in [-0.1, -0.05) is 26.0 Å². The molecule has 0 saturated heterocycles. The molecule has 0 bridgehead atoms. The van der Waals surface area contributed by atoms with E-state index in [9.17, 15) is 4.79 Å². The first kappa shape index (κ1) is 13.1. The van der Waals surface area contributed by atoms with Crippen LogP contribution >= 0.6 is 11.8 Å². The average molecular weight is 237 g/mol. The minimum absolute atomic E-state index is 0.0220. The molecule has 1 amide bonds. The van der Waals surface area contributed by atoms with E-state index in [-0.39, 0.29) is 11.3 Å². The van der Waals surface area contributed by atoms with Crippen LogP contribution in [0.25, 0.3) is 0 Å². The third-order valence-electron chi connectivity index (χ3n) is 2.65. The molecule has 88 valence electrons. The summed E-state index contributed by atoms with van der Waals surface area (Å²) in [5.41, 5.74) is 1.22. The lowest BCUT2D eigenvalue weighted by Gasteiger charge is -2.25. The van der Waals surface area contributed by atoms with Crippen molar-refractivity contribution in [3.05, 3.63) is 29.8 Å². The second kappa shape index (κ2) is 5.39. The molecule has 3 heteroatoms. The van der Waals surface area contributed by atoms with E-state index in [0.29, 0.717) is 6.54 Å². The molecule has 2 nitrogen and oxygen atoms in total. The van der Waals surface area contributed by atoms with Crippen LogP contribution in [0, 0.1) is 0 Å². The van der Waals surface area contributed by atoms with E-state index >= 15 is 0 Å². The van der Waals surface area contributed by atoms with E-state index in [2.05, 4.69) is 49.7 Å². The second-order valence-corrected chi connectivity index (χ2v) is 5.40. The van der Waals surface area contributed by atoms with Gasteiger partial charge in [0.15, 0.2) is 0 Å².